The number of thiophene rings is 1. The Morgan fingerprint density at radius 1 is 1.28 bits per heavy atom. The number of carbonyl (C=O) groups excluding carboxylic acids is 1. The molecule has 0 aliphatic rings. The van der Waals surface area contributed by atoms with Crippen LogP contribution in [0.25, 0.3) is 10.1 Å². The molecule has 0 aliphatic carbocycles. The van der Waals surface area contributed by atoms with Gasteiger partial charge in [-0.25, -0.2) is 4.79 Å². The summed E-state index contributed by atoms with van der Waals surface area (Å²) in [6.45, 7) is 0. The molecule has 1 heterocycles. The molecule has 2 aromatic rings. The van der Waals surface area contributed by atoms with E-state index in [-0.39, 0.29) is 4.88 Å². The maximum absolute atomic E-state index is 11.1. The Morgan fingerprint density at radius 2 is 1.94 bits per heavy atom. The first-order valence-corrected chi connectivity index (χ1v) is 5.81. The Labute approximate surface area is 107 Å². The van der Waals surface area contributed by atoms with Crippen molar-refractivity contribution in [2.24, 2.45) is 0 Å². The van der Waals surface area contributed by atoms with Gasteiger partial charge in [0.25, 0.3) is 0 Å². The van der Waals surface area contributed by atoms with Gasteiger partial charge < -0.3 is 14.6 Å². The Morgan fingerprint density at radius 3 is 2.44 bits per heavy atom. The van der Waals surface area contributed by atoms with Gasteiger partial charge in [-0.15, -0.1) is 11.3 Å². The van der Waals surface area contributed by atoms with E-state index in [4.69, 9.17) is 14.6 Å². The Bertz CT molecular complexity index is 629. The van der Waals surface area contributed by atoms with Crippen LogP contribution in [0.5, 0.6) is 11.5 Å². The monoisotopic (exact) mass is 266 g/mol. The number of hydrogen-bond donors (Lipinski definition) is 1. The molecular weight excluding hydrogens is 256 g/mol. The van der Waals surface area contributed by atoms with Gasteiger partial charge >= 0.3 is 5.97 Å². The summed E-state index contributed by atoms with van der Waals surface area (Å²) >= 11 is 1.02. The second-order valence-corrected chi connectivity index (χ2v) is 4.52. The van der Waals surface area contributed by atoms with Crippen LogP contribution in [0.2, 0.25) is 0 Å². The van der Waals surface area contributed by atoms with E-state index in [9.17, 15) is 9.59 Å². The first kappa shape index (κ1) is 12.4. The lowest BCUT2D eigenvalue weighted by atomic mass is 10.1. The van der Waals surface area contributed by atoms with Crippen molar-refractivity contribution in [1.29, 1.82) is 0 Å². The lowest BCUT2D eigenvalue weighted by molar-refractivity contribution is 0.0702. The lowest BCUT2D eigenvalue weighted by Crippen LogP contribution is -1.93. The molecule has 0 amide bonds. The lowest BCUT2D eigenvalue weighted by Gasteiger charge is -2.08. The normalized spacial score (nSPS) is 10.3. The van der Waals surface area contributed by atoms with Crippen molar-refractivity contribution >= 4 is 33.7 Å². The largest absolute Gasteiger partial charge is 0.496 e. The Kier molecular flexibility index (Phi) is 3.20. The summed E-state index contributed by atoms with van der Waals surface area (Å²) in [7, 11) is 2.92. The third kappa shape index (κ3) is 1.80. The number of benzene rings is 1. The summed E-state index contributed by atoms with van der Waals surface area (Å²) in [5.74, 6) is -0.182. The average Bonchev–Trinajstić information content (AvgIpc) is 2.81. The van der Waals surface area contributed by atoms with Crippen LogP contribution in [-0.4, -0.2) is 31.6 Å². The highest BCUT2D eigenvalue weighted by molar-refractivity contribution is 7.21. The minimum atomic E-state index is -1.03. The smallest absolute Gasteiger partial charge is 0.345 e. The number of methoxy groups -OCH3 is 2. The second-order valence-electron chi connectivity index (χ2n) is 3.47. The first-order chi connectivity index (χ1) is 8.62. The van der Waals surface area contributed by atoms with Crippen LogP contribution in [0.1, 0.15) is 20.0 Å². The van der Waals surface area contributed by atoms with Crippen molar-refractivity contribution in [3.05, 3.63) is 22.6 Å². The summed E-state index contributed by atoms with van der Waals surface area (Å²) in [6.07, 6.45) is 0.655. The first-order valence-electron chi connectivity index (χ1n) is 4.99. The zero-order chi connectivity index (χ0) is 13.3. The predicted molar refractivity (Wildman–Crippen MR) is 67.3 cm³/mol. The minimum Gasteiger partial charge on any atom is -0.496 e. The molecule has 2 rings (SSSR count). The standard InChI is InChI=1S/C12H10O5S/c1-16-8-4-9(17-2)7(5-13)11-6(8)3-10(18-11)12(14)15/h3-5H,1-2H3,(H,14,15). The number of carboxylic acids is 1. The SMILES string of the molecule is COc1cc(OC)c2cc(C(=O)O)sc2c1C=O. The fourth-order valence-corrected chi connectivity index (χ4v) is 2.73. The van der Waals surface area contributed by atoms with Crippen molar-refractivity contribution in [3.8, 4) is 11.5 Å². The molecule has 0 saturated heterocycles. The molecule has 0 saturated carbocycles. The molecule has 18 heavy (non-hydrogen) atoms. The minimum absolute atomic E-state index is 0.152. The van der Waals surface area contributed by atoms with E-state index in [0.717, 1.165) is 11.3 Å². The molecule has 0 radical (unpaired) electrons. The van der Waals surface area contributed by atoms with Gasteiger partial charge in [0.15, 0.2) is 6.29 Å². The van der Waals surface area contributed by atoms with E-state index in [1.165, 1.54) is 20.3 Å². The zero-order valence-corrected chi connectivity index (χ0v) is 10.5. The van der Waals surface area contributed by atoms with E-state index in [0.29, 0.717) is 33.4 Å². The molecule has 0 bridgehead atoms. The van der Waals surface area contributed by atoms with E-state index in [2.05, 4.69) is 0 Å². The van der Waals surface area contributed by atoms with Crippen LogP contribution < -0.4 is 9.47 Å². The van der Waals surface area contributed by atoms with Gasteiger partial charge in [0.1, 0.15) is 16.4 Å². The topological polar surface area (TPSA) is 72.8 Å². The van der Waals surface area contributed by atoms with Crippen molar-refractivity contribution in [2.45, 2.75) is 0 Å². The molecular formula is C12H10O5S. The molecule has 1 aromatic heterocycles. The van der Waals surface area contributed by atoms with Crippen molar-refractivity contribution in [3.63, 3.8) is 0 Å². The number of rotatable bonds is 4. The van der Waals surface area contributed by atoms with Gasteiger partial charge in [-0.3, -0.25) is 4.79 Å². The Hall–Kier alpha value is -2.08. The van der Waals surface area contributed by atoms with Gasteiger partial charge in [0.05, 0.1) is 24.5 Å². The molecule has 94 valence electrons. The van der Waals surface area contributed by atoms with E-state index in [1.807, 2.05) is 0 Å². The maximum Gasteiger partial charge on any atom is 0.345 e. The van der Waals surface area contributed by atoms with Crippen LogP contribution in [-0.2, 0) is 0 Å². The molecule has 0 unspecified atom stereocenters. The summed E-state index contributed by atoms with van der Waals surface area (Å²) in [4.78, 5) is 22.2. The molecule has 0 spiro atoms. The van der Waals surface area contributed by atoms with E-state index in [1.54, 1.807) is 6.07 Å². The Balaban J connectivity index is 2.86. The van der Waals surface area contributed by atoms with Gasteiger partial charge in [-0.2, -0.15) is 0 Å². The number of ether oxygens (including phenoxy) is 2. The van der Waals surface area contributed by atoms with Crippen molar-refractivity contribution in [2.75, 3.05) is 14.2 Å². The highest BCUT2D eigenvalue weighted by Gasteiger charge is 2.18. The van der Waals surface area contributed by atoms with Gasteiger partial charge in [0.2, 0.25) is 0 Å². The van der Waals surface area contributed by atoms with Crippen molar-refractivity contribution < 1.29 is 24.2 Å². The molecule has 1 aromatic carbocycles. The summed E-state index contributed by atoms with van der Waals surface area (Å²) in [6, 6.07) is 3.07. The molecule has 0 atom stereocenters. The van der Waals surface area contributed by atoms with E-state index < -0.39 is 5.97 Å². The fraction of sp³-hybridized carbons (Fsp3) is 0.167. The zero-order valence-electron chi connectivity index (χ0n) is 9.72. The maximum atomic E-state index is 11.1. The number of hydrogen-bond acceptors (Lipinski definition) is 5. The van der Waals surface area contributed by atoms with Crippen LogP contribution >= 0.6 is 11.3 Å². The molecule has 5 nitrogen and oxygen atoms in total. The highest BCUT2D eigenvalue weighted by atomic mass is 32.1. The van der Waals surface area contributed by atoms with Gasteiger partial charge in [0, 0.05) is 11.5 Å². The van der Waals surface area contributed by atoms with Crippen LogP contribution in [0.15, 0.2) is 12.1 Å². The number of aldehydes is 1. The third-order valence-corrected chi connectivity index (χ3v) is 3.69. The summed E-state index contributed by atoms with van der Waals surface area (Å²) in [5.41, 5.74) is 0.339. The summed E-state index contributed by atoms with van der Waals surface area (Å²) in [5, 5.41) is 9.59. The summed E-state index contributed by atoms with van der Waals surface area (Å²) < 4.78 is 10.8. The molecule has 0 aliphatic heterocycles. The third-order valence-electron chi connectivity index (χ3n) is 2.54. The van der Waals surface area contributed by atoms with Crippen LogP contribution in [0, 0.1) is 0 Å². The van der Waals surface area contributed by atoms with Gasteiger partial charge in [-0.05, 0) is 6.07 Å². The van der Waals surface area contributed by atoms with E-state index >= 15 is 0 Å². The highest BCUT2D eigenvalue weighted by Crippen LogP contribution is 2.39. The van der Waals surface area contributed by atoms with Crippen molar-refractivity contribution in [1.82, 2.24) is 0 Å². The fourth-order valence-electron chi connectivity index (χ4n) is 1.72. The number of fused-ring (bicyclic) bond motifs is 1. The molecule has 0 fully saturated rings. The number of carboxylic acid groups (broad SMARTS) is 1. The average molecular weight is 266 g/mol. The molecule has 6 heteroatoms. The predicted octanol–water partition coefficient (Wildman–Crippen LogP) is 2.43. The van der Waals surface area contributed by atoms with Gasteiger partial charge in [-0.1, -0.05) is 0 Å². The quantitative estimate of drug-likeness (QED) is 0.860. The van der Waals surface area contributed by atoms with Crippen LogP contribution in [0.4, 0.5) is 0 Å². The molecule has 1 N–H and O–H groups in total. The second kappa shape index (κ2) is 4.66. The number of aromatic carboxylic acids is 1. The number of carbonyl (C=O) groups is 2. The van der Waals surface area contributed by atoms with Crippen LogP contribution in [0.3, 0.4) is 0 Å².